The Bertz CT molecular complexity index is 289. The maximum Gasteiger partial charge on any atom is 0.303 e. The van der Waals surface area contributed by atoms with E-state index in [0.717, 1.165) is 44.9 Å². The molecule has 0 aliphatic heterocycles. The van der Waals surface area contributed by atoms with Crippen molar-refractivity contribution < 1.29 is 19.7 Å². The molecule has 0 aromatic heterocycles. The van der Waals surface area contributed by atoms with E-state index in [9.17, 15) is 15.0 Å². The van der Waals surface area contributed by atoms with E-state index >= 15 is 0 Å². The second-order valence-electron chi connectivity index (χ2n) is 5.58. The van der Waals surface area contributed by atoms with Crippen molar-refractivity contribution in [2.45, 2.75) is 90.4 Å². The maximum atomic E-state index is 11.1. The van der Waals surface area contributed by atoms with E-state index in [1.165, 1.54) is 6.92 Å². The zero-order chi connectivity index (χ0) is 16.1. The average Bonchev–Trinajstić information content (AvgIpc) is 2.44. The third-order valence-corrected chi connectivity index (χ3v) is 3.43. The van der Waals surface area contributed by atoms with Gasteiger partial charge in [0.15, 0.2) is 0 Å². The molecule has 0 bridgehead atoms. The summed E-state index contributed by atoms with van der Waals surface area (Å²) in [6, 6.07) is 0. The highest BCUT2D eigenvalue weighted by Crippen LogP contribution is 2.12. The molecule has 2 N–H and O–H groups in total. The van der Waals surface area contributed by atoms with Gasteiger partial charge in [0.05, 0.1) is 12.2 Å². The number of unbranched alkanes of at least 4 members (excludes halogenated alkanes) is 4. The fourth-order valence-corrected chi connectivity index (χ4v) is 2.14. The van der Waals surface area contributed by atoms with E-state index in [2.05, 4.69) is 13.8 Å². The van der Waals surface area contributed by atoms with Gasteiger partial charge in [-0.2, -0.15) is 0 Å². The smallest absolute Gasteiger partial charge is 0.303 e. The van der Waals surface area contributed by atoms with Crippen LogP contribution in [-0.4, -0.2) is 34.5 Å². The van der Waals surface area contributed by atoms with Crippen molar-refractivity contribution in [1.29, 1.82) is 0 Å². The molecule has 0 spiro atoms. The lowest BCUT2D eigenvalue weighted by Crippen LogP contribution is -2.24. The summed E-state index contributed by atoms with van der Waals surface area (Å²) in [5.74, 6) is -0.320. The summed E-state index contributed by atoms with van der Waals surface area (Å²) in [5, 5.41) is 19.7. The van der Waals surface area contributed by atoms with Crippen molar-refractivity contribution >= 4 is 5.97 Å². The van der Waals surface area contributed by atoms with Gasteiger partial charge in [0.2, 0.25) is 0 Å². The summed E-state index contributed by atoms with van der Waals surface area (Å²) in [6.45, 7) is 5.60. The Kier molecular flexibility index (Phi) is 12.3. The monoisotopic (exact) mass is 300 g/mol. The molecule has 0 radical (unpaired) electrons. The summed E-state index contributed by atoms with van der Waals surface area (Å²) in [6.07, 6.45) is 8.87. The van der Waals surface area contributed by atoms with E-state index in [-0.39, 0.29) is 12.1 Å². The molecule has 0 saturated heterocycles. The van der Waals surface area contributed by atoms with Crippen LogP contribution in [0.15, 0.2) is 12.2 Å². The highest BCUT2D eigenvalue weighted by molar-refractivity contribution is 5.66. The summed E-state index contributed by atoms with van der Waals surface area (Å²) in [7, 11) is 0. The highest BCUT2D eigenvalue weighted by atomic mass is 16.5. The third-order valence-electron chi connectivity index (χ3n) is 3.43. The molecule has 0 unspecified atom stereocenters. The Balaban J connectivity index is 4.27. The van der Waals surface area contributed by atoms with Crippen LogP contribution in [0.4, 0.5) is 0 Å². The van der Waals surface area contributed by atoms with Crippen molar-refractivity contribution in [2.24, 2.45) is 0 Å². The minimum atomic E-state index is -0.897. The molecule has 0 aliphatic rings. The second-order valence-corrected chi connectivity index (χ2v) is 5.58. The molecule has 124 valence electrons. The lowest BCUT2D eigenvalue weighted by molar-refractivity contribution is -0.144. The van der Waals surface area contributed by atoms with Gasteiger partial charge in [-0.05, 0) is 25.3 Å². The molecule has 4 nitrogen and oxygen atoms in total. The summed E-state index contributed by atoms with van der Waals surface area (Å²) >= 11 is 0. The molecule has 0 aliphatic carbocycles. The van der Waals surface area contributed by atoms with E-state index < -0.39 is 12.2 Å². The number of carbonyl (C=O) groups excluding carboxylic acids is 1. The third kappa shape index (κ3) is 11.5. The van der Waals surface area contributed by atoms with E-state index in [1.54, 1.807) is 12.2 Å². The van der Waals surface area contributed by atoms with Crippen molar-refractivity contribution in [3.63, 3.8) is 0 Å². The van der Waals surface area contributed by atoms with Gasteiger partial charge < -0.3 is 14.9 Å². The van der Waals surface area contributed by atoms with Gasteiger partial charge in [-0.1, -0.05) is 52.0 Å². The molecule has 0 heterocycles. The Morgan fingerprint density at radius 3 is 2.10 bits per heavy atom. The number of hydrogen-bond donors (Lipinski definition) is 2. The van der Waals surface area contributed by atoms with Crippen LogP contribution in [-0.2, 0) is 9.53 Å². The Hall–Kier alpha value is -0.870. The number of carbonyl (C=O) groups is 1. The molecule has 0 aromatic rings. The first kappa shape index (κ1) is 20.1. The number of aliphatic hydroxyl groups excluding tert-OH is 2. The summed E-state index contributed by atoms with van der Waals surface area (Å²) < 4.78 is 5.21. The molecule has 0 saturated carbocycles. The van der Waals surface area contributed by atoms with Crippen LogP contribution in [0, 0.1) is 0 Å². The van der Waals surface area contributed by atoms with Gasteiger partial charge in [0, 0.05) is 6.92 Å². The fourth-order valence-electron chi connectivity index (χ4n) is 2.14. The van der Waals surface area contributed by atoms with Gasteiger partial charge in [-0.15, -0.1) is 0 Å². The Morgan fingerprint density at radius 1 is 1.00 bits per heavy atom. The van der Waals surface area contributed by atoms with E-state index in [1.807, 2.05) is 0 Å². The van der Waals surface area contributed by atoms with Gasteiger partial charge in [0.1, 0.15) is 6.10 Å². The van der Waals surface area contributed by atoms with Gasteiger partial charge in [0.25, 0.3) is 0 Å². The van der Waals surface area contributed by atoms with Crippen molar-refractivity contribution in [2.75, 3.05) is 0 Å². The van der Waals surface area contributed by atoms with Gasteiger partial charge in [-0.3, -0.25) is 4.79 Å². The Labute approximate surface area is 129 Å². The number of rotatable bonds is 12. The quantitative estimate of drug-likeness (QED) is 0.329. The predicted molar refractivity (Wildman–Crippen MR) is 85.0 cm³/mol. The number of esters is 1. The first-order valence-corrected chi connectivity index (χ1v) is 8.22. The first-order valence-electron chi connectivity index (χ1n) is 8.22. The normalized spacial score (nSPS) is 15.9. The fraction of sp³-hybridized carbons (Fsp3) is 0.824. The van der Waals surface area contributed by atoms with E-state index in [4.69, 9.17) is 4.74 Å². The zero-order valence-corrected chi connectivity index (χ0v) is 13.8. The first-order chi connectivity index (χ1) is 10.0. The maximum absolute atomic E-state index is 11.1. The summed E-state index contributed by atoms with van der Waals surface area (Å²) in [5.41, 5.74) is 0. The molecule has 0 amide bonds. The molecule has 4 heteroatoms. The van der Waals surface area contributed by atoms with E-state index in [0.29, 0.717) is 6.42 Å². The minimum Gasteiger partial charge on any atom is -0.458 e. The number of ether oxygens (including phenoxy) is 1. The van der Waals surface area contributed by atoms with Crippen molar-refractivity contribution in [1.82, 2.24) is 0 Å². The molecule has 0 fully saturated rings. The van der Waals surface area contributed by atoms with Crippen LogP contribution < -0.4 is 0 Å². The predicted octanol–water partition coefficient (Wildman–Crippen LogP) is 3.36. The van der Waals surface area contributed by atoms with Crippen LogP contribution in [0.1, 0.15) is 72.1 Å². The Morgan fingerprint density at radius 2 is 1.57 bits per heavy atom. The van der Waals surface area contributed by atoms with Gasteiger partial charge in [-0.25, -0.2) is 0 Å². The lowest BCUT2D eigenvalue weighted by atomic mass is 10.0. The highest BCUT2D eigenvalue weighted by Gasteiger charge is 2.14. The number of hydrogen-bond acceptors (Lipinski definition) is 4. The molecular formula is C17H32O4. The van der Waals surface area contributed by atoms with Crippen molar-refractivity contribution in [3.8, 4) is 0 Å². The minimum absolute atomic E-state index is 0.313. The lowest BCUT2D eigenvalue weighted by Gasteiger charge is -2.16. The van der Waals surface area contributed by atoms with Crippen LogP contribution in [0.2, 0.25) is 0 Å². The standard InChI is InChI=1S/C17H32O4/c1-4-6-8-10-15(21-14(3)18)12-13-17(20)16(19)11-9-7-5-2/h12-13,15-17,19-20H,4-11H2,1-3H3/b13-12+/t15-,16-,17-/m1/s1. The van der Waals surface area contributed by atoms with Crippen molar-refractivity contribution in [3.05, 3.63) is 12.2 Å². The van der Waals surface area contributed by atoms with Crippen LogP contribution >= 0.6 is 0 Å². The van der Waals surface area contributed by atoms with Crippen LogP contribution in [0.5, 0.6) is 0 Å². The average molecular weight is 300 g/mol. The SMILES string of the molecule is CCCCC[C@@H](O)[C@H](O)/C=C/[C@@H](CCCCC)OC(C)=O. The van der Waals surface area contributed by atoms with Crippen LogP contribution in [0.25, 0.3) is 0 Å². The largest absolute Gasteiger partial charge is 0.458 e. The topological polar surface area (TPSA) is 66.8 Å². The number of aliphatic hydroxyl groups is 2. The molecule has 0 aromatic carbocycles. The van der Waals surface area contributed by atoms with Crippen LogP contribution in [0.3, 0.4) is 0 Å². The molecule has 0 rings (SSSR count). The molecule has 21 heavy (non-hydrogen) atoms. The molecule has 3 atom stereocenters. The molecular weight excluding hydrogens is 268 g/mol. The zero-order valence-electron chi connectivity index (χ0n) is 13.8. The summed E-state index contributed by atoms with van der Waals surface area (Å²) in [4.78, 5) is 11.1. The van der Waals surface area contributed by atoms with Gasteiger partial charge >= 0.3 is 5.97 Å². The second kappa shape index (κ2) is 12.8.